The fraction of sp³-hybridized carbons (Fsp3) is 0.350. The smallest absolute Gasteiger partial charge is 0.230 e. The number of carbonyl (C=O) groups is 1. The minimum atomic E-state index is 0.0767. The standard InChI is InChI=1S/C20H25NO2S/c1-14-11-15(2)20(16(3)12-14)24-13-19(22)21-10-9-17-5-7-18(23-4)8-6-17/h5-8,11-12H,9-10,13H2,1-4H3,(H,21,22). The average molecular weight is 343 g/mol. The Morgan fingerprint density at radius 1 is 1.08 bits per heavy atom. The summed E-state index contributed by atoms with van der Waals surface area (Å²) in [5.74, 6) is 1.38. The van der Waals surface area contributed by atoms with Crippen LogP contribution in [0.3, 0.4) is 0 Å². The third kappa shape index (κ3) is 5.31. The van der Waals surface area contributed by atoms with Crippen molar-refractivity contribution < 1.29 is 9.53 Å². The molecule has 0 aromatic heterocycles. The normalized spacial score (nSPS) is 10.5. The van der Waals surface area contributed by atoms with Gasteiger partial charge in [0.25, 0.3) is 0 Å². The van der Waals surface area contributed by atoms with Gasteiger partial charge < -0.3 is 10.1 Å². The molecule has 0 aliphatic rings. The van der Waals surface area contributed by atoms with Crippen LogP contribution >= 0.6 is 11.8 Å². The largest absolute Gasteiger partial charge is 0.497 e. The van der Waals surface area contributed by atoms with Crippen molar-refractivity contribution in [2.24, 2.45) is 0 Å². The predicted octanol–water partition coefficient (Wildman–Crippen LogP) is 4.07. The number of amides is 1. The number of hydrogen-bond acceptors (Lipinski definition) is 3. The number of ether oxygens (including phenoxy) is 1. The van der Waals surface area contributed by atoms with Crippen molar-refractivity contribution in [3.63, 3.8) is 0 Å². The molecule has 2 aromatic carbocycles. The Morgan fingerprint density at radius 2 is 1.71 bits per heavy atom. The molecule has 0 aliphatic carbocycles. The molecule has 3 nitrogen and oxygen atoms in total. The molecule has 0 saturated heterocycles. The lowest BCUT2D eigenvalue weighted by Gasteiger charge is -2.11. The Kier molecular flexibility index (Phi) is 6.73. The molecule has 0 atom stereocenters. The van der Waals surface area contributed by atoms with Crippen LogP contribution in [0.15, 0.2) is 41.3 Å². The molecule has 24 heavy (non-hydrogen) atoms. The van der Waals surface area contributed by atoms with Crippen molar-refractivity contribution in [3.8, 4) is 5.75 Å². The Morgan fingerprint density at radius 3 is 2.29 bits per heavy atom. The van der Waals surface area contributed by atoms with E-state index in [1.807, 2.05) is 24.3 Å². The molecule has 0 spiro atoms. The van der Waals surface area contributed by atoms with E-state index in [0.29, 0.717) is 12.3 Å². The van der Waals surface area contributed by atoms with Crippen LogP contribution in [-0.2, 0) is 11.2 Å². The summed E-state index contributed by atoms with van der Waals surface area (Å²) in [6.45, 7) is 6.95. The van der Waals surface area contributed by atoms with Gasteiger partial charge in [-0.2, -0.15) is 0 Å². The fourth-order valence-electron chi connectivity index (χ4n) is 2.72. The van der Waals surface area contributed by atoms with Gasteiger partial charge in [-0.15, -0.1) is 11.8 Å². The Hall–Kier alpha value is -1.94. The molecule has 0 fully saturated rings. The van der Waals surface area contributed by atoms with Crippen LogP contribution < -0.4 is 10.1 Å². The van der Waals surface area contributed by atoms with Crippen LogP contribution in [0, 0.1) is 20.8 Å². The molecule has 1 amide bonds. The lowest BCUT2D eigenvalue weighted by atomic mass is 10.1. The van der Waals surface area contributed by atoms with Crippen molar-refractivity contribution in [2.45, 2.75) is 32.1 Å². The summed E-state index contributed by atoms with van der Waals surface area (Å²) in [5.41, 5.74) is 4.93. The van der Waals surface area contributed by atoms with Gasteiger partial charge in [0, 0.05) is 11.4 Å². The molecular weight excluding hydrogens is 318 g/mol. The van der Waals surface area contributed by atoms with E-state index in [1.54, 1.807) is 18.9 Å². The van der Waals surface area contributed by atoms with E-state index in [4.69, 9.17) is 4.74 Å². The number of aryl methyl sites for hydroxylation is 3. The molecule has 0 unspecified atom stereocenters. The number of benzene rings is 2. The van der Waals surface area contributed by atoms with Gasteiger partial charge in [-0.05, 0) is 56.0 Å². The monoisotopic (exact) mass is 343 g/mol. The average Bonchev–Trinajstić information content (AvgIpc) is 2.54. The van der Waals surface area contributed by atoms with Crippen LogP contribution in [0.5, 0.6) is 5.75 Å². The number of nitrogens with one attached hydrogen (secondary N) is 1. The van der Waals surface area contributed by atoms with E-state index in [9.17, 15) is 4.79 Å². The third-order valence-electron chi connectivity index (χ3n) is 3.85. The summed E-state index contributed by atoms with van der Waals surface area (Å²) in [5, 5.41) is 2.99. The SMILES string of the molecule is COc1ccc(CCNC(=O)CSc2c(C)cc(C)cc2C)cc1. The second-order valence-corrected chi connectivity index (χ2v) is 6.95. The molecule has 4 heteroatoms. The zero-order valence-electron chi connectivity index (χ0n) is 14.8. The number of methoxy groups -OCH3 is 1. The van der Waals surface area contributed by atoms with Crippen LogP contribution in [0.4, 0.5) is 0 Å². The van der Waals surface area contributed by atoms with Crippen molar-refractivity contribution in [1.29, 1.82) is 0 Å². The van der Waals surface area contributed by atoms with Gasteiger partial charge in [-0.25, -0.2) is 0 Å². The highest BCUT2D eigenvalue weighted by atomic mass is 32.2. The number of carbonyl (C=O) groups excluding carboxylic acids is 1. The van der Waals surface area contributed by atoms with Crippen LogP contribution in [0.25, 0.3) is 0 Å². The second-order valence-electron chi connectivity index (χ2n) is 5.96. The highest BCUT2D eigenvalue weighted by Crippen LogP contribution is 2.27. The minimum Gasteiger partial charge on any atom is -0.497 e. The topological polar surface area (TPSA) is 38.3 Å². The van der Waals surface area contributed by atoms with Gasteiger partial charge in [-0.3, -0.25) is 4.79 Å². The Balaban J connectivity index is 1.77. The molecule has 0 bridgehead atoms. The summed E-state index contributed by atoms with van der Waals surface area (Å²) < 4.78 is 5.14. The van der Waals surface area contributed by atoms with Crippen LogP contribution in [0.2, 0.25) is 0 Å². The van der Waals surface area contributed by atoms with Crippen molar-refractivity contribution in [2.75, 3.05) is 19.4 Å². The van der Waals surface area contributed by atoms with Gasteiger partial charge in [0.15, 0.2) is 0 Å². The first-order valence-electron chi connectivity index (χ1n) is 8.10. The van der Waals surface area contributed by atoms with Crippen LogP contribution in [0.1, 0.15) is 22.3 Å². The second kappa shape index (κ2) is 8.78. The van der Waals surface area contributed by atoms with E-state index in [2.05, 4.69) is 38.2 Å². The molecule has 2 aromatic rings. The molecule has 128 valence electrons. The lowest BCUT2D eigenvalue weighted by Crippen LogP contribution is -2.27. The Bertz CT molecular complexity index is 672. The summed E-state index contributed by atoms with van der Waals surface area (Å²) in [6.07, 6.45) is 0.822. The number of hydrogen-bond donors (Lipinski definition) is 1. The maximum absolute atomic E-state index is 12.0. The van der Waals surface area contributed by atoms with E-state index < -0.39 is 0 Å². The van der Waals surface area contributed by atoms with E-state index >= 15 is 0 Å². The first-order valence-corrected chi connectivity index (χ1v) is 9.08. The summed E-state index contributed by atoms with van der Waals surface area (Å²) >= 11 is 1.61. The third-order valence-corrected chi connectivity index (χ3v) is 5.19. The van der Waals surface area contributed by atoms with Crippen molar-refractivity contribution >= 4 is 17.7 Å². The molecular formula is C20H25NO2S. The number of rotatable bonds is 7. The van der Waals surface area contributed by atoms with Crippen molar-refractivity contribution in [1.82, 2.24) is 5.32 Å². The van der Waals surface area contributed by atoms with Gasteiger partial charge in [0.05, 0.1) is 12.9 Å². The summed E-state index contributed by atoms with van der Waals surface area (Å²) in [7, 11) is 1.66. The van der Waals surface area contributed by atoms with Gasteiger partial charge in [0.2, 0.25) is 5.91 Å². The zero-order chi connectivity index (χ0) is 17.5. The van der Waals surface area contributed by atoms with E-state index in [0.717, 1.165) is 12.2 Å². The molecule has 0 heterocycles. The maximum atomic E-state index is 12.0. The quantitative estimate of drug-likeness (QED) is 0.770. The summed E-state index contributed by atoms with van der Waals surface area (Å²) in [6, 6.07) is 12.3. The molecule has 0 radical (unpaired) electrons. The summed E-state index contributed by atoms with van der Waals surface area (Å²) in [4.78, 5) is 13.3. The highest BCUT2D eigenvalue weighted by Gasteiger charge is 2.08. The molecule has 0 saturated carbocycles. The highest BCUT2D eigenvalue weighted by molar-refractivity contribution is 8.00. The zero-order valence-corrected chi connectivity index (χ0v) is 15.6. The minimum absolute atomic E-state index is 0.0767. The first-order chi connectivity index (χ1) is 11.5. The molecule has 2 rings (SSSR count). The van der Waals surface area contributed by atoms with Gasteiger partial charge in [-0.1, -0.05) is 29.8 Å². The Labute approximate surface area is 148 Å². The molecule has 0 aliphatic heterocycles. The first kappa shape index (κ1) is 18.4. The lowest BCUT2D eigenvalue weighted by molar-refractivity contribution is -0.118. The van der Waals surface area contributed by atoms with E-state index in [1.165, 1.54) is 27.1 Å². The van der Waals surface area contributed by atoms with Gasteiger partial charge in [0.1, 0.15) is 5.75 Å². The van der Waals surface area contributed by atoms with Gasteiger partial charge >= 0.3 is 0 Å². The molecule has 1 N–H and O–H groups in total. The fourth-order valence-corrected chi connectivity index (χ4v) is 3.67. The van der Waals surface area contributed by atoms with Crippen molar-refractivity contribution in [3.05, 3.63) is 58.7 Å². The van der Waals surface area contributed by atoms with E-state index in [-0.39, 0.29) is 5.91 Å². The predicted molar refractivity (Wildman–Crippen MR) is 101 cm³/mol. The van der Waals surface area contributed by atoms with Crippen LogP contribution in [-0.4, -0.2) is 25.3 Å². The maximum Gasteiger partial charge on any atom is 0.230 e. The number of thioether (sulfide) groups is 1.